The second-order valence-electron chi connectivity index (χ2n) is 6.92. The highest BCUT2D eigenvalue weighted by atomic mass is 16.5. The molecule has 0 aromatic rings. The summed E-state index contributed by atoms with van der Waals surface area (Å²) < 4.78 is 5.23. The van der Waals surface area contributed by atoms with Gasteiger partial charge in [-0.25, -0.2) is 4.79 Å². The Morgan fingerprint density at radius 3 is 2.15 bits per heavy atom. The van der Waals surface area contributed by atoms with E-state index in [1.54, 1.807) is 18.7 Å². The van der Waals surface area contributed by atoms with Crippen molar-refractivity contribution in [3.8, 4) is 0 Å². The molecule has 0 aromatic heterocycles. The summed E-state index contributed by atoms with van der Waals surface area (Å²) in [5, 5.41) is 7.80. The van der Waals surface area contributed by atoms with Crippen LogP contribution in [0.1, 0.15) is 40.5 Å². The average Bonchev–Trinajstić information content (AvgIpc) is 2.65. The molecule has 0 radical (unpaired) electrons. The number of hydrogen-bond donors (Lipinski definition) is 3. The summed E-state index contributed by atoms with van der Waals surface area (Å²) in [6, 6.07) is -2.03. The van der Waals surface area contributed by atoms with Crippen LogP contribution >= 0.6 is 0 Å². The fourth-order valence-corrected chi connectivity index (χ4v) is 2.74. The highest BCUT2D eigenvalue weighted by Gasteiger charge is 2.30. The van der Waals surface area contributed by atoms with E-state index in [0.29, 0.717) is 39.3 Å². The van der Waals surface area contributed by atoms with Crippen molar-refractivity contribution in [3.05, 3.63) is 0 Å². The van der Waals surface area contributed by atoms with Gasteiger partial charge in [-0.2, -0.15) is 0 Å². The maximum Gasteiger partial charge on any atom is 0.318 e. The SMILES string of the molecule is CCNC(=O)C(=O)[C@H](CC)NC(=O)[C@H](CC(C)C)NC(=O)N1CCOCC1. The lowest BCUT2D eigenvalue weighted by Crippen LogP contribution is -2.56. The Kier molecular flexibility index (Phi) is 9.77. The number of morpholine rings is 1. The molecule has 0 aliphatic carbocycles. The standard InChI is InChI=1S/C18H32N4O5/c1-5-13(15(23)17(25)19-6-2)20-16(24)14(11-12(3)4)21-18(26)22-7-9-27-10-8-22/h12-14H,5-11H2,1-4H3,(H,19,25)(H,20,24)(H,21,26)/t13-,14-/m0/s1. The van der Waals surface area contributed by atoms with Crippen molar-refractivity contribution in [2.45, 2.75) is 52.6 Å². The summed E-state index contributed by atoms with van der Waals surface area (Å²) >= 11 is 0. The molecule has 154 valence electrons. The van der Waals surface area contributed by atoms with Gasteiger partial charge in [0, 0.05) is 19.6 Å². The van der Waals surface area contributed by atoms with Crippen LogP contribution in [0.3, 0.4) is 0 Å². The Bertz CT molecular complexity index is 532. The van der Waals surface area contributed by atoms with Gasteiger partial charge < -0.3 is 25.6 Å². The first kappa shape index (κ1) is 22.9. The third-order valence-corrected chi connectivity index (χ3v) is 4.22. The molecule has 1 rings (SSSR count). The maximum atomic E-state index is 12.7. The van der Waals surface area contributed by atoms with Crippen LogP contribution < -0.4 is 16.0 Å². The molecule has 1 heterocycles. The number of carbonyl (C=O) groups excluding carboxylic acids is 4. The molecule has 1 fully saturated rings. The zero-order chi connectivity index (χ0) is 20.4. The second kappa shape index (κ2) is 11.5. The third-order valence-electron chi connectivity index (χ3n) is 4.22. The van der Waals surface area contributed by atoms with E-state index >= 15 is 0 Å². The van der Waals surface area contributed by atoms with Gasteiger partial charge in [0.05, 0.1) is 19.3 Å². The highest BCUT2D eigenvalue weighted by molar-refractivity contribution is 6.38. The van der Waals surface area contributed by atoms with E-state index in [1.807, 2.05) is 13.8 Å². The molecule has 1 aliphatic rings. The lowest BCUT2D eigenvalue weighted by molar-refractivity contribution is -0.140. The Balaban J connectivity index is 2.76. The van der Waals surface area contributed by atoms with Gasteiger partial charge in [0.15, 0.2) is 0 Å². The molecule has 4 amide bonds. The summed E-state index contributed by atoms with van der Waals surface area (Å²) in [5.41, 5.74) is 0. The van der Waals surface area contributed by atoms with Gasteiger partial charge >= 0.3 is 6.03 Å². The molecule has 3 N–H and O–H groups in total. The van der Waals surface area contributed by atoms with Crippen LogP contribution in [-0.2, 0) is 19.1 Å². The van der Waals surface area contributed by atoms with E-state index < -0.39 is 29.7 Å². The fourth-order valence-electron chi connectivity index (χ4n) is 2.74. The van der Waals surface area contributed by atoms with Crippen LogP contribution in [0.2, 0.25) is 0 Å². The minimum Gasteiger partial charge on any atom is -0.378 e. The average molecular weight is 384 g/mol. The van der Waals surface area contributed by atoms with Crippen LogP contribution in [0.4, 0.5) is 4.79 Å². The monoisotopic (exact) mass is 384 g/mol. The molecule has 1 aliphatic heterocycles. The number of hydrogen-bond acceptors (Lipinski definition) is 5. The van der Waals surface area contributed by atoms with Gasteiger partial charge in [0.25, 0.3) is 5.91 Å². The maximum absolute atomic E-state index is 12.7. The van der Waals surface area contributed by atoms with Crippen molar-refractivity contribution in [1.82, 2.24) is 20.9 Å². The number of ketones is 1. The molecule has 0 aromatic carbocycles. The number of urea groups is 1. The van der Waals surface area contributed by atoms with Gasteiger partial charge in [0.1, 0.15) is 6.04 Å². The fraction of sp³-hybridized carbons (Fsp3) is 0.778. The van der Waals surface area contributed by atoms with E-state index in [9.17, 15) is 19.2 Å². The molecule has 9 nitrogen and oxygen atoms in total. The summed E-state index contributed by atoms with van der Waals surface area (Å²) in [7, 11) is 0. The lowest BCUT2D eigenvalue weighted by Gasteiger charge is -2.30. The molecule has 9 heteroatoms. The van der Waals surface area contributed by atoms with Crippen molar-refractivity contribution in [2.75, 3.05) is 32.8 Å². The van der Waals surface area contributed by atoms with Crippen molar-refractivity contribution >= 4 is 23.6 Å². The van der Waals surface area contributed by atoms with Crippen molar-refractivity contribution < 1.29 is 23.9 Å². The number of likely N-dealkylation sites (N-methyl/N-ethyl adjacent to an activating group) is 1. The van der Waals surface area contributed by atoms with Crippen molar-refractivity contribution in [3.63, 3.8) is 0 Å². The second-order valence-corrected chi connectivity index (χ2v) is 6.92. The molecule has 0 unspecified atom stereocenters. The zero-order valence-electron chi connectivity index (χ0n) is 16.7. The van der Waals surface area contributed by atoms with Gasteiger partial charge in [-0.05, 0) is 25.7 Å². The van der Waals surface area contributed by atoms with Crippen LogP contribution in [-0.4, -0.2) is 73.5 Å². The normalized spacial score (nSPS) is 16.4. The predicted molar refractivity (Wildman–Crippen MR) is 100 cm³/mol. The summed E-state index contributed by atoms with van der Waals surface area (Å²) in [4.78, 5) is 50.7. The van der Waals surface area contributed by atoms with Crippen molar-refractivity contribution in [2.24, 2.45) is 5.92 Å². The summed E-state index contributed by atoms with van der Waals surface area (Å²) in [6.45, 7) is 9.51. The van der Waals surface area contributed by atoms with Gasteiger partial charge in [0.2, 0.25) is 11.7 Å². The molecule has 0 spiro atoms. The first-order valence-electron chi connectivity index (χ1n) is 9.55. The van der Waals surface area contributed by atoms with E-state index in [0.717, 1.165) is 0 Å². The Morgan fingerprint density at radius 2 is 1.63 bits per heavy atom. The number of ether oxygens (including phenoxy) is 1. The van der Waals surface area contributed by atoms with E-state index in [4.69, 9.17) is 4.74 Å². The first-order valence-corrected chi connectivity index (χ1v) is 9.55. The van der Waals surface area contributed by atoms with Gasteiger partial charge in [-0.1, -0.05) is 20.8 Å². The quantitative estimate of drug-likeness (QED) is 0.486. The molecule has 0 bridgehead atoms. The van der Waals surface area contributed by atoms with Gasteiger partial charge in [-0.3, -0.25) is 14.4 Å². The van der Waals surface area contributed by atoms with Crippen LogP contribution in [0.25, 0.3) is 0 Å². The largest absolute Gasteiger partial charge is 0.378 e. The minimum atomic E-state index is -0.918. The Morgan fingerprint density at radius 1 is 1.00 bits per heavy atom. The minimum absolute atomic E-state index is 0.157. The number of nitrogens with one attached hydrogen (secondary N) is 3. The van der Waals surface area contributed by atoms with Gasteiger partial charge in [-0.15, -0.1) is 0 Å². The van der Waals surface area contributed by atoms with E-state index in [1.165, 1.54) is 0 Å². The first-order chi connectivity index (χ1) is 12.8. The molecule has 27 heavy (non-hydrogen) atoms. The Hall–Kier alpha value is -2.16. The number of rotatable bonds is 9. The number of Topliss-reactive ketones (excluding diaryl/α,β-unsaturated/α-hetero) is 1. The highest BCUT2D eigenvalue weighted by Crippen LogP contribution is 2.08. The molecular weight excluding hydrogens is 352 g/mol. The van der Waals surface area contributed by atoms with E-state index in [2.05, 4.69) is 16.0 Å². The number of nitrogens with zero attached hydrogens (tertiary/aromatic N) is 1. The third kappa shape index (κ3) is 7.54. The van der Waals surface area contributed by atoms with Crippen LogP contribution in [0, 0.1) is 5.92 Å². The van der Waals surface area contributed by atoms with E-state index in [-0.39, 0.29) is 18.4 Å². The van der Waals surface area contributed by atoms with Crippen molar-refractivity contribution in [1.29, 1.82) is 0 Å². The van der Waals surface area contributed by atoms with Crippen LogP contribution in [0.5, 0.6) is 0 Å². The van der Waals surface area contributed by atoms with Crippen LogP contribution in [0.15, 0.2) is 0 Å². The zero-order valence-corrected chi connectivity index (χ0v) is 16.7. The smallest absolute Gasteiger partial charge is 0.318 e. The number of amides is 4. The predicted octanol–water partition coefficient (Wildman–Crippen LogP) is 0.0429. The number of carbonyl (C=O) groups is 4. The Labute approximate surface area is 160 Å². The molecule has 2 atom stereocenters. The lowest BCUT2D eigenvalue weighted by atomic mass is 10.0. The topological polar surface area (TPSA) is 117 Å². The summed E-state index contributed by atoms with van der Waals surface area (Å²) in [6.07, 6.45) is 0.710. The molecular formula is C18H32N4O5. The molecule has 1 saturated heterocycles. The molecule has 0 saturated carbocycles. The summed E-state index contributed by atoms with van der Waals surface area (Å²) in [5.74, 6) is -1.71.